The van der Waals surface area contributed by atoms with E-state index in [-0.39, 0.29) is 0 Å². The maximum absolute atomic E-state index is 9.37. The summed E-state index contributed by atoms with van der Waals surface area (Å²) in [7, 11) is 4.16. The van der Waals surface area contributed by atoms with Crippen LogP contribution in [-0.4, -0.2) is 73.4 Å². The standard InChI is InChI=1S/C16H26N6/c1-13-14(2)18-19-16(15(13)12-17)21(4)6-5-7-22-10-8-20(3)9-11-22/h5-11H2,1-4H3. The van der Waals surface area contributed by atoms with Crippen LogP contribution in [0.4, 0.5) is 5.82 Å². The lowest BCUT2D eigenvalue weighted by Gasteiger charge is -2.32. The molecule has 1 aliphatic heterocycles. The van der Waals surface area contributed by atoms with Crippen LogP contribution >= 0.6 is 0 Å². The highest BCUT2D eigenvalue weighted by Gasteiger charge is 2.16. The van der Waals surface area contributed by atoms with Crippen LogP contribution in [0.25, 0.3) is 0 Å². The van der Waals surface area contributed by atoms with Crippen LogP contribution in [-0.2, 0) is 0 Å². The molecule has 0 N–H and O–H groups in total. The Labute approximate surface area is 133 Å². The number of aryl methyl sites for hydroxylation is 1. The number of rotatable bonds is 5. The minimum Gasteiger partial charge on any atom is -0.357 e. The minimum absolute atomic E-state index is 0.648. The molecule has 6 nitrogen and oxygen atoms in total. The molecule has 6 heteroatoms. The molecule has 0 unspecified atom stereocenters. The predicted octanol–water partition coefficient (Wildman–Crippen LogP) is 1.04. The average Bonchev–Trinajstić information content (AvgIpc) is 2.51. The van der Waals surface area contributed by atoms with E-state index in [1.165, 1.54) is 0 Å². The fourth-order valence-electron chi connectivity index (χ4n) is 2.71. The van der Waals surface area contributed by atoms with Crippen LogP contribution < -0.4 is 4.90 Å². The summed E-state index contributed by atoms with van der Waals surface area (Å²) in [5, 5.41) is 17.7. The summed E-state index contributed by atoms with van der Waals surface area (Å²) < 4.78 is 0. The van der Waals surface area contributed by atoms with Crippen LogP contribution in [0.2, 0.25) is 0 Å². The molecule has 2 heterocycles. The molecule has 2 rings (SSSR count). The first-order valence-corrected chi connectivity index (χ1v) is 7.89. The van der Waals surface area contributed by atoms with Gasteiger partial charge in [0.05, 0.1) is 5.69 Å². The fourth-order valence-corrected chi connectivity index (χ4v) is 2.71. The Morgan fingerprint density at radius 1 is 1.18 bits per heavy atom. The van der Waals surface area contributed by atoms with Gasteiger partial charge >= 0.3 is 0 Å². The van der Waals surface area contributed by atoms with Gasteiger partial charge in [0.15, 0.2) is 5.82 Å². The first kappa shape index (κ1) is 16.7. The van der Waals surface area contributed by atoms with Crippen molar-refractivity contribution < 1.29 is 0 Å². The fraction of sp³-hybridized carbons (Fsp3) is 0.688. The molecule has 0 amide bonds. The monoisotopic (exact) mass is 302 g/mol. The zero-order valence-electron chi connectivity index (χ0n) is 14.1. The van der Waals surface area contributed by atoms with Gasteiger partial charge in [0.2, 0.25) is 0 Å². The van der Waals surface area contributed by atoms with E-state index >= 15 is 0 Å². The van der Waals surface area contributed by atoms with Gasteiger partial charge in [-0.15, -0.1) is 5.10 Å². The second kappa shape index (κ2) is 7.52. The molecule has 1 aliphatic rings. The predicted molar refractivity (Wildman–Crippen MR) is 88.0 cm³/mol. The van der Waals surface area contributed by atoms with E-state index in [2.05, 4.69) is 33.1 Å². The number of aromatic nitrogens is 2. The van der Waals surface area contributed by atoms with E-state index in [4.69, 9.17) is 0 Å². The van der Waals surface area contributed by atoms with Crippen LogP contribution in [0, 0.1) is 25.2 Å². The first-order chi connectivity index (χ1) is 10.5. The molecule has 0 saturated carbocycles. The smallest absolute Gasteiger partial charge is 0.169 e. The summed E-state index contributed by atoms with van der Waals surface area (Å²) in [4.78, 5) is 6.92. The van der Waals surface area contributed by atoms with Gasteiger partial charge < -0.3 is 14.7 Å². The quantitative estimate of drug-likeness (QED) is 0.810. The Balaban J connectivity index is 1.89. The first-order valence-electron chi connectivity index (χ1n) is 7.89. The largest absolute Gasteiger partial charge is 0.357 e. The zero-order chi connectivity index (χ0) is 16.1. The van der Waals surface area contributed by atoms with Gasteiger partial charge in [-0.05, 0) is 39.4 Å². The van der Waals surface area contributed by atoms with Crippen molar-refractivity contribution in [3.05, 3.63) is 16.8 Å². The summed E-state index contributed by atoms with van der Waals surface area (Å²) in [6, 6.07) is 2.27. The second-order valence-electron chi connectivity index (χ2n) is 6.14. The highest BCUT2D eigenvalue weighted by atomic mass is 15.3. The number of piperazine rings is 1. The summed E-state index contributed by atoms with van der Waals surface area (Å²) in [5.41, 5.74) is 2.40. The van der Waals surface area contributed by atoms with Crippen molar-refractivity contribution in [2.24, 2.45) is 0 Å². The lowest BCUT2D eigenvalue weighted by molar-refractivity contribution is 0.153. The Morgan fingerprint density at radius 3 is 2.50 bits per heavy atom. The highest BCUT2D eigenvalue weighted by Crippen LogP contribution is 2.20. The van der Waals surface area contributed by atoms with E-state index in [1.807, 2.05) is 25.8 Å². The van der Waals surface area contributed by atoms with Crippen molar-refractivity contribution >= 4 is 5.82 Å². The van der Waals surface area contributed by atoms with Crippen molar-refractivity contribution in [2.75, 3.05) is 58.3 Å². The average molecular weight is 302 g/mol. The third kappa shape index (κ3) is 3.93. The molecular formula is C16H26N6. The number of nitrogens with zero attached hydrogens (tertiary/aromatic N) is 6. The lowest BCUT2D eigenvalue weighted by atomic mass is 10.1. The number of hydrogen-bond donors (Lipinski definition) is 0. The molecule has 1 saturated heterocycles. The molecule has 0 radical (unpaired) electrons. The number of likely N-dealkylation sites (N-methyl/N-ethyl adjacent to an activating group) is 1. The van der Waals surface area contributed by atoms with E-state index in [9.17, 15) is 5.26 Å². The third-order valence-corrected chi connectivity index (χ3v) is 4.47. The minimum atomic E-state index is 0.648. The highest BCUT2D eigenvalue weighted by molar-refractivity contribution is 5.57. The van der Waals surface area contributed by atoms with Gasteiger partial charge in [-0.3, -0.25) is 0 Å². The van der Waals surface area contributed by atoms with Crippen LogP contribution in [0.5, 0.6) is 0 Å². The second-order valence-corrected chi connectivity index (χ2v) is 6.14. The summed E-state index contributed by atoms with van der Waals surface area (Å²) in [6.45, 7) is 10.4. The zero-order valence-corrected chi connectivity index (χ0v) is 14.1. The van der Waals surface area contributed by atoms with Crippen molar-refractivity contribution in [3.8, 4) is 6.07 Å². The van der Waals surface area contributed by atoms with E-state index in [1.54, 1.807) is 0 Å². The van der Waals surface area contributed by atoms with Crippen molar-refractivity contribution in [3.63, 3.8) is 0 Å². The van der Waals surface area contributed by atoms with Gasteiger partial charge in [0, 0.05) is 39.8 Å². The molecule has 0 spiro atoms. The van der Waals surface area contributed by atoms with E-state index in [0.717, 1.165) is 56.9 Å². The SMILES string of the molecule is Cc1nnc(N(C)CCCN2CCN(C)CC2)c(C#N)c1C. The molecule has 22 heavy (non-hydrogen) atoms. The summed E-state index contributed by atoms with van der Waals surface area (Å²) >= 11 is 0. The van der Waals surface area contributed by atoms with Gasteiger partial charge in [-0.1, -0.05) is 0 Å². The Kier molecular flexibility index (Phi) is 5.69. The summed E-state index contributed by atoms with van der Waals surface area (Å²) in [5.74, 6) is 0.698. The lowest BCUT2D eigenvalue weighted by Crippen LogP contribution is -2.45. The molecule has 1 fully saturated rings. The molecule has 120 valence electrons. The normalized spacial score (nSPS) is 16.5. The Hall–Kier alpha value is -1.71. The molecule has 0 bridgehead atoms. The molecule has 0 atom stereocenters. The van der Waals surface area contributed by atoms with Crippen molar-refractivity contribution in [1.82, 2.24) is 20.0 Å². The van der Waals surface area contributed by atoms with Crippen LogP contribution in [0.1, 0.15) is 23.2 Å². The summed E-state index contributed by atoms with van der Waals surface area (Å²) in [6.07, 6.45) is 1.07. The molecule has 1 aromatic heterocycles. The molecule has 1 aromatic rings. The Morgan fingerprint density at radius 2 is 1.86 bits per heavy atom. The number of anilines is 1. The van der Waals surface area contributed by atoms with Crippen LogP contribution in [0.15, 0.2) is 0 Å². The van der Waals surface area contributed by atoms with Crippen LogP contribution in [0.3, 0.4) is 0 Å². The van der Waals surface area contributed by atoms with Crippen molar-refractivity contribution in [1.29, 1.82) is 5.26 Å². The molecule has 0 aliphatic carbocycles. The Bertz CT molecular complexity index is 542. The van der Waals surface area contributed by atoms with Gasteiger partial charge in [0.25, 0.3) is 0 Å². The van der Waals surface area contributed by atoms with Gasteiger partial charge in [-0.2, -0.15) is 10.4 Å². The van der Waals surface area contributed by atoms with Gasteiger partial charge in [0.1, 0.15) is 11.6 Å². The maximum atomic E-state index is 9.37. The van der Waals surface area contributed by atoms with Crippen molar-refractivity contribution in [2.45, 2.75) is 20.3 Å². The molecular weight excluding hydrogens is 276 g/mol. The molecule has 0 aromatic carbocycles. The number of nitriles is 1. The third-order valence-electron chi connectivity index (χ3n) is 4.47. The van der Waals surface area contributed by atoms with E-state index in [0.29, 0.717) is 11.4 Å². The topological polar surface area (TPSA) is 59.3 Å². The maximum Gasteiger partial charge on any atom is 0.169 e. The van der Waals surface area contributed by atoms with Gasteiger partial charge in [-0.25, -0.2) is 0 Å². The van der Waals surface area contributed by atoms with E-state index < -0.39 is 0 Å². The number of hydrogen-bond acceptors (Lipinski definition) is 6.